The Kier molecular flexibility index (Phi) is 22.1. The number of carboxylic acids is 1. The highest BCUT2D eigenvalue weighted by Gasteiger charge is 2.45. The maximum atomic E-state index is 13.4. The highest BCUT2D eigenvalue weighted by Crippen LogP contribution is 2.49. The Hall–Kier alpha value is -7.41. The van der Waals surface area contributed by atoms with Crippen LogP contribution in [0.1, 0.15) is 113 Å². The SMILES string of the molecule is CC1(C)C(/C=C/C=C2/N(CCCCCC(=O)O)c3ccc(-c4cc(C(=O)NCCS(=O)(=O)O)nc(C(=O)NCCS(=O)(=O)O)c4)cc3C2(C)C)=[N+](CCCS(=O)(=O)O)c2ccc(-c3cc(C(=O)NCCS(=O)(=O)O)nc(C(=O)NCCS(=O)(=O)O)c3)cc21. The number of aromatic nitrogens is 2. The van der Waals surface area contributed by atoms with Gasteiger partial charge >= 0.3 is 5.97 Å². The number of unbranched alkanes of at least 4 members (excludes halogenated alkanes) is 2. The van der Waals surface area contributed by atoms with E-state index in [0.29, 0.717) is 53.9 Å². The summed E-state index contributed by atoms with van der Waals surface area (Å²) < 4.78 is 164. The van der Waals surface area contributed by atoms with E-state index in [1.807, 2.05) is 56.6 Å². The number of hydrogen-bond donors (Lipinski definition) is 10. The summed E-state index contributed by atoms with van der Waals surface area (Å²) in [6.07, 6.45) is 6.90. The van der Waals surface area contributed by atoms with Crippen molar-refractivity contribution in [2.24, 2.45) is 0 Å². The van der Waals surface area contributed by atoms with E-state index in [4.69, 9.17) is 0 Å². The average molecular weight is 1320 g/mol. The molecule has 0 fully saturated rings. The first-order chi connectivity index (χ1) is 40.7. The van der Waals surface area contributed by atoms with Crippen LogP contribution in [0, 0.1) is 0 Å². The van der Waals surface area contributed by atoms with Crippen LogP contribution < -0.4 is 26.2 Å². The van der Waals surface area contributed by atoms with E-state index >= 15 is 0 Å². The number of rotatable bonds is 30. The van der Waals surface area contributed by atoms with Crippen molar-refractivity contribution in [3.63, 3.8) is 0 Å². The molecule has 0 aliphatic carbocycles. The van der Waals surface area contributed by atoms with Gasteiger partial charge in [0.05, 0.1) is 34.2 Å². The first kappa shape index (κ1) is 69.7. The number of benzene rings is 2. The van der Waals surface area contributed by atoms with Crippen LogP contribution >= 0.6 is 0 Å². The Morgan fingerprint density at radius 2 is 0.920 bits per heavy atom. The molecule has 0 radical (unpaired) electrons. The number of anilines is 1. The van der Waals surface area contributed by atoms with Gasteiger partial charge in [0.25, 0.3) is 74.2 Å². The molecule has 2 aliphatic heterocycles. The number of fused-ring (bicyclic) bond motifs is 2. The lowest BCUT2D eigenvalue weighted by Crippen LogP contribution is -2.32. The second-order valence-electron chi connectivity index (χ2n) is 21.6. The molecule has 478 valence electrons. The largest absolute Gasteiger partial charge is 0.481 e. The third-order valence-corrected chi connectivity index (χ3v) is 17.9. The number of aliphatic carboxylic acids is 1. The summed E-state index contributed by atoms with van der Waals surface area (Å²) in [6.45, 7) is 6.02. The molecule has 88 heavy (non-hydrogen) atoms. The van der Waals surface area contributed by atoms with Crippen molar-refractivity contribution in [1.29, 1.82) is 0 Å². The summed E-state index contributed by atoms with van der Waals surface area (Å²) in [4.78, 5) is 75.3. The molecule has 0 spiro atoms. The molecule has 0 saturated heterocycles. The number of nitrogens with one attached hydrogen (secondary N) is 4. The lowest BCUT2D eigenvalue weighted by Gasteiger charge is -2.27. The molecule has 6 rings (SSSR count). The van der Waals surface area contributed by atoms with Crippen LogP contribution in [0.3, 0.4) is 0 Å². The highest BCUT2D eigenvalue weighted by molar-refractivity contribution is 7.86. The molecule has 2 aliphatic rings. The Balaban J connectivity index is 1.43. The molecule has 4 heterocycles. The molecule has 2 aromatic carbocycles. The Morgan fingerprint density at radius 3 is 1.33 bits per heavy atom. The van der Waals surface area contributed by atoms with Gasteiger partial charge in [-0.15, -0.1) is 0 Å². The zero-order valence-corrected chi connectivity index (χ0v) is 52.0. The summed E-state index contributed by atoms with van der Waals surface area (Å²) in [5.74, 6) is -8.64. The van der Waals surface area contributed by atoms with Gasteiger partial charge in [0.1, 0.15) is 29.3 Å². The van der Waals surface area contributed by atoms with Crippen molar-refractivity contribution in [1.82, 2.24) is 31.2 Å². The smallest absolute Gasteiger partial charge is 0.303 e. The van der Waals surface area contributed by atoms with Gasteiger partial charge in [-0.25, -0.2) is 9.97 Å². The maximum absolute atomic E-state index is 13.4. The summed E-state index contributed by atoms with van der Waals surface area (Å²) in [5.41, 5.74) is 2.32. The first-order valence-corrected chi connectivity index (χ1v) is 35.0. The average Bonchev–Trinajstić information content (AvgIpc) is 1.80. The van der Waals surface area contributed by atoms with Gasteiger partial charge in [0.2, 0.25) is 5.69 Å². The van der Waals surface area contributed by atoms with Crippen molar-refractivity contribution < 1.29 is 98.5 Å². The van der Waals surface area contributed by atoms with Crippen LogP contribution in [0.5, 0.6) is 0 Å². The number of carbonyl (C=O) groups is 5. The second-order valence-corrected chi connectivity index (χ2v) is 29.4. The van der Waals surface area contributed by atoms with Crippen molar-refractivity contribution in [2.75, 3.05) is 72.9 Å². The van der Waals surface area contributed by atoms with E-state index in [1.165, 1.54) is 24.3 Å². The lowest BCUT2D eigenvalue weighted by atomic mass is 9.80. The van der Waals surface area contributed by atoms with Crippen LogP contribution in [-0.4, -0.2) is 188 Å². The topological polar surface area (TPSA) is 458 Å². The predicted octanol–water partition coefficient (Wildman–Crippen LogP) is 2.82. The van der Waals surface area contributed by atoms with Crippen molar-refractivity contribution in [3.8, 4) is 22.3 Å². The van der Waals surface area contributed by atoms with Gasteiger partial charge < -0.3 is 31.3 Å². The van der Waals surface area contributed by atoms with E-state index in [2.05, 4.69) is 36.1 Å². The molecule has 0 unspecified atom stereocenters. The van der Waals surface area contributed by atoms with Crippen LogP contribution in [0.15, 0.2) is 84.6 Å². The van der Waals surface area contributed by atoms with E-state index < -0.39 is 146 Å². The van der Waals surface area contributed by atoms with Gasteiger partial charge in [-0.2, -0.15) is 46.7 Å². The van der Waals surface area contributed by atoms with E-state index in [0.717, 1.165) is 16.9 Å². The number of carbonyl (C=O) groups excluding carboxylic acids is 4. The zero-order chi connectivity index (χ0) is 65.4. The molecule has 4 aromatic rings. The van der Waals surface area contributed by atoms with E-state index in [1.54, 1.807) is 30.3 Å². The molecule has 29 nitrogen and oxygen atoms in total. The summed E-state index contributed by atoms with van der Waals surface area (Å²) in [5, 5.41) is 18.6. The minimum atomic E-state index is -4.49. The van der Waals surface area contributed by atoms with Crippen molar-refractivity contribution in [3.05, 3.63) is 118 Å². The number of amides is 4. The van der Waals surface area contributed by atoms with Crippen LogP contribution in [0.4, 0.5) is 11.4 Å². The van der Waals surface area contributed by atoms with E-state index in [-0.39, 0.29) is 53.3 Å². The van der Waals surface area contributed by atoms with Gasteiger partial charge in [-0.3, -0.25) is 46.7 Å². The lowest BCUT2D eigenvalue weighted by molar-refractivity contribution is -0.437. The Labute approximate surface area is 508 Å². The van der Waals surface area contributed by atoms with Gasteiger partial charge in [-0.05, 0) is 109 Å². The van der Waals surface area contributed by atoms with Gasteiger partial charge in [0.15, 0.2) is 5.71 Å². The molecular formula is C54H67N8O21S5+. The third kappa shape index (κ3) is 19.5. The molecule has 34 heteroatoms. The predicted molar refractivity (Wildman–Crippen MR) is 322 cm³/mol. The first-order valence-electron chi connectivity index (χ1n) is 27.0. The number of carboxylic acid groups (broad SMARTS) is 1. The summed E-state index contributed by atoms with van der Waals surface area (Å²) >= 11 is 0. The maximum Gasteiger partial charge on any atom is 0.303 e. The minimum Gasteiger partial charge on any atom is -0.481 e. The standard InChI is InChI=1S/C54H66N8O21S5/c1-53(2)38-28-34(36-30-40(49(65)55-17-24-85(72,73)74)59-41(31-36)50(66)56-18-25-86(75,76)77)13-15-44(38)61(21-7-5-6-12-48(63)64)46(53)10-8-11-47-54(3,4)39-29-35(14-16-45(39)62(47)22-9-23-84(69,70)71)37-32-42(51(67)57-19-26-87(78,79)80)60-43(33-37)52(68)58-20-27-88(81,82)83/h8,10-11,13-16,28-33H,5-7,9,12,17-27H2,1-4H3,(H9-,55,56,57,58,63,64,65,66,67,68,69,70,71,72,73,74,75,76,77,78,79,80,81,82,83)/p+1. The molecule has 0 saturated carbocycles. The fourth-order valence-electron chi connectivity index (χ4n) is 9.95. The van der Waals surface area contributed by atoms with Crippen molar-refractivity contribution in [2.45, 2.75) is 70.6 Å². The van der Waals surface area contributed by atoms with Gasteiger partial charge in [0, 0.05) is 80.1 Å². The Morgan fingerprint density at radius 1 is 0.511 bits per heavy atom. The molecule has 0 atom stereocenters. The number of allylic oxidation sites excluding steroid dienone is 4. The second kappa shape index (κ2) is 28.0. The minimum absolute atomic E-state index is 0.0385. The highest BCUT2D eigenvalue weighted by atomic mass is 32.2. The number of nitrogens with zero attached hydrogens (tertiary/aromatic N) is 4. The quantitative estimate of drug-likeness (QED) is 0.0204. The molecule has 2 aromatic heterocycles. The summed E-state index contributed by atoms with van der Waals surface area (Å²) in [6, 6.07) is 15.8. The third-order valence-electron chi connectivity index (χ3n) is 14.2. The van der Waals surface area contributed by atoms with Crippen molar-refractivity contribution >= 4 is 97.3 Å². The molecule has 4 amide bonds. The number of hydrogen-bond acceptors (Lipinski definition) is 18. The van der Waals surface area contributed by atoms with Crippen LogP contribution in [0.2, 0.25) is 0 Å². The molecule has 0 bridgehead atoms. The number of pyridine rings is 2. The normalized spacial score (nSPS) is 15.3. The Bertz CT molecular complexity index is 3970. The summed E-state index contributed by atoms with van der Waals surface area (Å²) in [7, 11) is -22.4. The van der Waals surface area contributed by atoms with Gasteiger partial charge in [-0.1, -0.05) is 32.4 Å². The molecular weight excluding hydrogens is 1260 g/mol. The van der Waals surface area contributed by atoms with Crippen LogP contribution in [0.25, 0.3) is 22.3 Å². The molecule has 10 N–H and O–H groups in total. The van der Waals surface area contributed by atoms with E-state index in [9.17, 15) is 93.9 Å². The van der Waals surface area contributed by atoms with Crippen LogP contribution in [-0.2, 0) is 66.2 Å². The monoisotopic (exact) mass is 1320 g/mol. The fraction of sp³-hybridized carbons (Fsp3) is 0.407. The zero-order valence-electron chi connectivity index (χ0n) is 48.0. The fourth-order valence-corrected chi connectivity index (χ4v) is 11.9.